The van der Waals surface area contributed by atoms with Crippen molar-refractivity contribution in [2.45, 2.75) is 38.9 Å². The van der Waals surface area contributed by atoms with Crippen LogP contribution < -0.4 is 5.73 Å². The zero-order valence-electron chi connectivity index (χ0n) is 7.78. The number of halogens is 3. The highest BCUT2D eigenvalue weighted by molar-refractivity contribution is 5.22. The van der Waals surface area contributed by atoms with Gasteiger partial charge in [0.25, 0.3) is 0 Å². The quantitative estimate of drug-likeness (QED) is 0.588. The largest absolute Gasteiger partial charge is 0.395 e. The maximum Gasteiger partial charge on any atom is 0.395 e. The van der Waals surface area contributed by atoms with Gasteiger partial charge in [0.05, 0.1) is 5.92 Å². The molecule has 1 rings (SSSR count). The van der Waals surface area contributed by atoms with E-state index in [4.69, 9.17) is 5.73 Å². The summed E-state index contributed by atoms with van der Waals surface area (Å²) in [5, 5.41) is 0. The minimum atomic E-state index is -4.11. The molecular formula is C9H14F3N. The summed E-state index contributed by atoms with van der Waals surface area (Å²) in [6.07, 6.45) is -3.54. The lowest BCUT2D eigenvalue weighted by Gasteiger charge is -2.30. The third kappa shape index (κ3) is 2.05. The average Bonchev–Trinajstić information content (AvgIpc) is 1.98. The van der Waals surface area contributed by atoms with Gasteiger partial charge in [0.2, 0.25) is 0 Å². The Morgan fingerprint density at radius 2 is 1.69 bits per heavy atom. The van der Waals surface area contributed by atoms with Crippen LogP contribution in [-0.2, 0) is 0 Å². The van der Waals surface area contributed by atoms with E-state index >= 15 is 0 Å². The van der Waals surface area contributed by atoms with E-state index in [1.807, 2.05) is 0 Å². The molecule has 0 radical (unpaired) electrons. The first-order valence-electron chi connectivity index (χ1n) is 4.33. The monoisotopic (exact) mass is 193 g/mol. The SMILES string of the molecule is CC1=C(C)C(C(F)(F)F)CCC1N. The molecule has 13 heavy (non-hydrogen) atoms. The molecule has 1 aliphatic rings. The number of hydrogen-bond donors (Lipinski definition) is 1. The molecule has 76 valence electrons. The molecular weight excluding hydrogens is 179 g/mol. The van der Waals surface area contributed by atoms with Gasteiger partial charge in [0, 0.05) is 6.04 Å². The van der Waals surface area contributed by atoms with E-state index in [1.165, 1.54) is 6.92 Å². The van der Waals surface area contributed by atoms with E-state index in [9.17, 15) is 13.2 Å². The van der Waals surface area contributed by atoms with Gasteiger partial charge in [-0.1, -0.05) is 11.1 Å². The molecule has 1 aliphatic carbocycles. The maximum absolute atomic E-state index is 12.4. The number of nitrogens with two attached hydrogens (primary N) is 1. The van der Waals surface area contributed by atoms with Crippen molar-refractivity contribution in [1.82, 2.24) is 0 Å². The van der Waals surface area contributed by atoms with Gasteiger partial charge in [0.15, 0.2) is 0 Å². The third-order valence-corrected chi connectivity index (χ3v) is 2.86. The highest BCUT2D eigenvalue weighted by Crippen LogP contribution is 2.40. The van der Waals surface area contributed by atoms with Crippen LogP contribution in [0.3, 0.4) is 0 Å². The Morgan fingerprint density at radius 1 is 1.15 bits per heavy atom. The summed E-state index contributed by atoms with van der Waals surface area (Å²) in [4.78, 5) is 0. The van der Waals surface area contributed by atoms with Crippen molar-refractivity contribution in [3.63, 3.8) is 0 Å². The van der Waals surface area contributed by atoms with Gasteiger partial charge < -0.3 is 5.73 Å². The Kier molecular flexibility index (Phi) is 2.71. The molecule has 0 aromatic carbocycles. The van der Waals surface area contributed by atoms with E-state index in [0.29, 0.717) is 17.6 Å². The standard InChI is InChI=1S/C9H14F3N/c1-5-6(2)8(13)4-3-7(5)9(10,11)12/h7-8H,3-4,13H2,1-2H3. The van der Waals surface area contributed by atoms with Crippen molar-refractivity contribution < 1.29 is 13.2 Å². The first-order chi connectivity index (χ1) is 5.84. The Hall–Kier alpha value is -0.510. The molecule has 0 amide bonds. The van der Waals surface area contributed by atoms with Crippen LogP contribution in [0.4, 0.5) is 13.2 Å². The molecule has 2 unspecified atom stereocenters. The van der Waals surface area contributed by atoms with Crippen LogP contribution in [-0.4, -0.2) is 12.2 Å². The molecule has 0 spiro atoms. The number of hydrogen-bond acceptors (Lipinski definition) is 1. The summed E-state index contributed by atoms with van der Waals surface area (Å²) in [7, 11) is 0. The normalized spacial score (nSPS) is 30.9. The Morgan fingerprint density at radius 3 is 2.15 bits per heavy atom. The summed E-state index contributed by atoms with van der Waals surface area (Å²) >= 11 is 0. The fraction of sp³-hybridized carbons (Fsp3) is 0.778. The zero-order valence-corrected chi connectivity index (χ0v) is 7.78. The minimum absolute atomic E-state index is 0.133. The summed E-state index contributed by atoms with van der Waals surface area (Å²) in [6.45, 7) is 3.23. The van der Waals surface area contributed by atoms with Crippen LogP contribution in [0.15, 0.2) is 11.1 Å². The van der Waals surface area contributed by atoms with Crippen LogP contribution in [0.5, 0.6) is 0 Å². The first-order valence-corrected chi connectivity index (χ1v) is 4.33. The Labute approximate surface area is 75.8 Å². The van der Waals surface area contributed by atoms with Gasteiger partial charge >= 0.3 is 6.18 Å². The summed E-state index contributed by atoms with van der Waals surface area (Å²) < 4.78 is 37.3. The van der Waals surface area contributed by atoms with Crippen molar-refractivity contribution in [2.24, 2.45) is 11.7 Å². The second-order valence-corrected chi connectivity index (χ2v) is 3.64. The molecule has 0 aromatic heterocycles. The van der Waals surface area contributed by atoms with Gasteiger partial charge in [-0.05, 0) is 26.7 Å². The van der Waals surface area contributed by atoms with Crippen molar-refractivity contribution >= 4 is 0 Å². The fourth-order valence-electron chi connectivity index (χ4n) is 1.76. The van der Waals surface area contributed by atoms with E-state index < -0.39 is 12.1 Å². The summed E-state index contributed by atoms with van der Waals surface area (Å²) in [6, 6.07) is -0.182. The van der Waals surface area contributed by atoms with Crippen molar-refractivity contribution in [1.29, 1.82) is 0 Å². The van der Waals surface area contributed by atoms with E-state index in [0.717, 1.165) is 0 Å². The summed E-state index contributed by atoms with van der Waals surface area (Å²) in [5.74, 6) is -1.27. The Balaban J connectivity index is 2.93. The fourth-order valence-corrected chi connectivity index (χ4v) is 1.76. The van der Waals surface area contributed by atoms with Crippen molar-refractivity contribution in [3.05, 3.63) is 11.1 Å². The molecule has 2 atom stereocenters. The van der Waals surface area contributed by atoms with E-state index in [2.05, 4.69) is 0 Å². The Bertz CT molecular complexity index is 230. The second kappa shape index (κ2) is 3.33. The van der Waals surface area contributed by atoms with E-state index in [-0.39, 0.29) is 12.5 Å². The van der Waals surface area contributed by atoms with Gasteiger partial charge in [-0.25, -0.2) is 0 Å². The lowest BCUT2D eigenvalue weighted by atomic mass is 9.81. The second-order valence-electron chi connectivity index (χ2n) is 3.64. The molecule has 0 aromatic rings. The van der Waals surface area contributed by atoms with Crippen molar-refractivity contribution in [2.75, 3.05) is 0 Å². The molecule has 1 nitrogen and oxygen atoms in total. The smallest absolute Gasteiger partial charge is 0.324 e. The third-order valence-electron chi connectivity index (χ3n) is 2.86. The van der Waals surface area contributed by atoms with Crippen LogP contribution in [0, 0.1) is 5.92 Å². The average molecular weight is 193 g/mol. The summed E-state index contributed by atoms with van der Waals surface area (Å²) in [5.41, 5.74) is 6.76. The van der Waals surface area contributed by atoms with Gasteiger partial charge in [-0.3, -0.25) is 0 Å². The molecule has 4 heteroatoms. The molecule has 0 aliphatic heterocycles. The van der Waals surface area contributed by atoms with Crippen LogP contribution in [0.2, 0.25) is 0 Å². The van der Waals surface area contributed by atoms with Gasteiger partial charge in [0.1, 0.15) is 0 Å². The number of allylic oxidation sites excluding steroid dienone is 1. The minimum Gasteiger partial charge on any atom is -0.324 e. The molecule has 0 fully saturated rings. The van der Waals surface area contributed by atoms with Crippen LogP contribution >= 0.6 is 0 Å². The lowest BCUT2D eigenvalue weighted by molar-refractivity contribution is -0.167. The lowest BCUT2D eigenvalue weighted by Crippen LogP contribution is -2.34. The van der Waals surface area contributed by atoms with Crippen LogP contribution in [0.1, 0.15) is 26.7 Å². The van der Waals surface area contributed by atoms with Gasteiger partial charge in [-0.15, -0.1) is 0 Å². The molecule has 0 saturated heterocycles. The maximum atomic E-state index is 12.4. The number of alkyl halides is 3. The molecule has 0 bridgehead atoms. The molecule has 2 N–H and O–H groups in total. The topological polar surface area (TPSA) is 26.0 Å². The molecule has 0 saturated carbocycles. The number of rotatable bonds is 0. The highest BCUT2D eigenvalue weighted by atomic mass is 19.4. The predicted molar refractivity (Wildman–Crippen MR) is 45.1 cm³/mol. The highest BCUT2D eigenvalue weighted by Gasteiger charge is 2.42. The predicted octanol–water partition coefficient (Wildman–Crippen LogP) is 2.62. The van der Waals surface area contributed by atoms with Crippen LogP contribution in [0.25, 0.3) is 0 Å². The van der Waals surface area contributed by atoms with Gasteiger partial charge in [-0.2, -0.15) is 13.2 Å². The first kappa shape index (κ1) is 10.6. The van der Waals surface area contributed by atoms with Crippen molar-refractivity contribution in [3.8, 4) is 0 Å². The van der Waals surface area contributed by atoms with E-state index in [1.54, 1.807) is 6.92 Å². The zero-order chi connectivity index (χ0) is 10.2. The molecule has 0 heterocycles.